The Morgan fingerprint density at radius 3 is 2.80 bits per heavy atom. The van der Waals surface area contributed by atoms with Gasteiger partial charge in [-0.25, -0.2) is 19.3 Å². The van der Waals surface area contributed by atoms with Gasteiger partial charge in [0.1, 0.15) is 18.1 Å². The van der Waals surface area contributed by atoms with Crippen molar-refractivity contribution in [2.45, 2.75) is 12.6 Å². The van der Waals surface area contributed by atoms with E-state index in [2.05, 4.69) is 49.2 Å². The number of alkyl halides is 1. The predicted molar refractivity (Wildman–Crippen MR) is 135 cm³/mol. The first-order valence-electron chi connectivity index (χ1n) is 11.8. The van der Waals surface area contributed by atoms with Crippen molar-refractivity contribution >= 4 is 23.2 Å². The number of hydrogen-bond donors (Lipinski definition) is 2. The van der Waals surface area contributed by atoms with E-state index in [9.17, 15) is 9.65 Å². The smallest absolute Gasteiger partial charge is 0.227 e. The minimum atomic E-state index is -0.883. The topological polar surface area (TPSA) is 93.0 Å². The number of nitriles is 1. The van der Waals surface area contributed by atoms with Gasteiger partial charge in [-0.05, 0) is 36.2 Å². The van der Waals surface area contributed by atoms with E-state index >= 15 is 0 Å². The SMILES string of the molecule is C=C(c1cccc(Nc2nccc(-c3cnc(N4CC[C@H](F)C4)c(C#N)c3)n2)c1)N1CCNCC1. The molecule has 0 spiro atoms. The zero-order chi connectivity index (χ0) is 24.2. The second-order valence-corrected chi connectivity index (χ2v) is 8.69. The average Bonchev–Trinajstić information content (AvgIpc) is 3.34. The van der Waals surface area contributed by atoms with Gasteiger partial charge < -0.3 is 20.4 Å². The van der Waals surface area contributed by atoms with Gasteiger partial charge in [0.2, 0.25) is 5.95 Å². The predicted octanol–water partition coefficient (Wildman–Crippen LogP) is 3.58. The van der Waals surface area contributed by atoms with E-state index in [4.69, 9.17) is 0 Å². The molecule has 1 aromatic carbocycles. The summed E-state index contributed by atoms with van der Waals surface area (Å²) in [5.74, 6) is 0.958. The summed E-state index contributed by atoms with van der Waals surface area (Å²) in [7, 11) is 0. The van der Waals surface area contributed by atoms with Crippen molar-refractivity contribution in [2.24, 2.45) is 0 Å². The van der Waals surface area contributed by atoms with Crippen molar-refractivity contribution in [2.75, 3.05) is 49.5 Å². The maximum atomic E-state index is 13.6. The summed E-state index contributed by atoms with van der Waals surface area (Å²) < 4.78 is 13.6. The molecule has 0 unspecified atom stereocenters. The van der Waals surface area contributed by atoms with Crippen LogP contribution < -0.4 is 15.5 Å². The van der Waals surface area contributed by atoms with Crippen LogP contribution in [0.4, 0.5) is 21.8 Å². The van der Waals surface area contributed by atoms with Crippen molar-refractivity contribution in [3.05, 3.63) is 66.5 Å². The molecule has 2 aliphatic heterocycles. The van der Waals surface area contributed by atoms with Crippen LogP contribution in [0.2, 0.25) is 0 Å². The van der Waals surface area contributed by atoms with E-state index in [1.54, 1.807) is 24.5 Å². The number of rotatable bonds is 6. The van der Waals surface area contributed by atoms with Crippen LogP contribution in [0.1, 0.15) is 17.5 Å². The fourth-order valence-electron chi connectivity index (χ4n) is 4.44. The molecule has 2 fully saturated rings. The molecule has 2 aliphatic rings. The third-order valence-corrected chi connectivity index (χ3v) is 6.32. The second-order valence-electron chi connectivity index (χ2n) is 8.69. The maximum Gasteiger partial charge on any atom is 0.227 e. The molecule has 0 bridgehead atoms. The molecule has 2 N–H and O–H groups in total. The molecule has 5 rings (SSSR count). The van der Waals surface area contributed by atoms with E-state index in [0.717, 1.165) is 43.1 Å². The second kappa shape index (κ2) is 10.1. The largest absolute Gasteiger partial charge is 0.369 e. The molecule has 178 valence electrons. The first-order chi connectivity index (χ1) is 17.1. The van der Waals surface area contributed by atoms with E-state index in [1.807, 2.05) is 23.1 Å². The molecule has 2 saturated heterocycles. The highest BCUT2D eigenvalue weighted by Crippen LogP contribution is 2.28. The van der Waals surface area contributed by atoms with E-state index in [1.165, 1.54) is 0 Å². The molecular formula is C26H27FN8. The molecule has 8 nitrogen and oxygen atoms in total. The Bertz CT molecular complexity index is 1260. The summed E-state index contributed by atoms with van der Waals surface area (Å²) in [5, 5.41) is 16.3. The van der Waals surface area contributed by atoms with Crippen LogP contribution in [0.15, 0.2) is 55.4 Å². The normalized spacial score (nSPS) is 17.8. The highest BCUT2D eigenvalue weighted by Gasteiger charge is 2.25. The monoisotopic (exact) mass is 470 g/mol. The molecule has 9 heteroatoms. The highest BCUT2D eigenvalue weighted by atomic mass is 19.1. The average molecular weight is 471 g/mol. The molecule has 0 aliphatic carbocycles. The Morgan fingerprint density at radius 1 is 1.17 bits per heavy atom. The Hall–Kier alpha value is -4.03. The molecule has 0 amide bonds. The van der Waals surface area contributed by atoms with E-state index < -0.39 is 6.17 Å². The number of aromatic nitrogens is 3. The summed E-state index contributed by atoms with van der Waals surface area (Å²) in [4.78, 5) is 17.6. The lowest BCUT2D eigenvalue weighted by molar-refractivity contribution is 0.341. The number of nitrogens with zero attached hydrogens (tertiary/aromatic N) is 6. The summed E-state index contributed by atoms with van der Waals surface area (Å²) in [6.45, 7) is 8.89. The fourth-order valence-corrected chi connectivity index (χ4v) is 4.44. The molecule has 0 radical (unpaired) electrons. The zero-order valence-electron chi connectivity index (χ0n) is 19.4. The lowest BCUT2D eigenvalue weighted by Gasteiger charge is -2.31. The number of pyridine rings is 1. The van der Waals surface area contributed by atoms with Gasteiger partial charge in [0.25, 0.3) is 0 Å². The molecular weight excluding hydrogens is 443 g/mol. The molecule has 0 saturated carbocycles. The summed E-state index contributed by atoms with van der Waals surface area (Å²) in [5.41, 5.74) is 4.65. The van der Waals surface area contributed by atoms with Gasteiger partial charge in [-0.2, -0.15) is 5.26 Å². The summed E-state index contributed by atoms with van der Waals surface area (Å²) in [6, 6.07) is 13.8. The Balaban J connectivity index is 1.34. The third-order valence-electron chi connectivity index (χ3n) is 6.32. The number of halogens is 1. The van der Waals surface area contributed by atoms with Crippen molar-refractivity contribution < 1.29 is 4.39 Å². The highest BCUT2D eigenvalue weighted by molar-refractivity contribution is 5.69. The molecule has 3 aromatic rings. The van der Waals surface area contributed by atoms with Crippen LogP contribution in [0.25, 0.3) is 17.0 Å². The summed E-state index contributed by atoms with van der Waals surface area (Å²) >= 11 is 0. The Labute approximate surface area is 204 Å². The molecule has 4 heterocycles. The van der Waals surface area contributed by atoms with Crippen molar-refractivity contribution in [1.29, 1.82) is 5.26 Å². The minimum absolute atomic E-state index is 0.267. The van der Waals surface area contributed by atoms with Gasteiger partial charge in [0, 0.05) is 62.1 Å². The fraction of sp³-hybridized carbons (Fsp3) is 0.308. The van der Waals surface area contributed by atoms with Gasteiger partial charge >= 0.3 is 0 Å². The first-order valence-corrected chi connectivity index (χ1v) is 11.8. The van der Waals surface area contributed by atoms with Gasteiger partial charge in [-0.1, -0.05) is 18.7 Å². The lowest BCUT2D eigenvalue weighted by Crippen LogP contribution is -2.42. The van der Waals surface area contributed by atoms with Crippen molar-refractivity contribution in [3.8, 4) is 17.3 Å². The maximum absolute atomic E-state index is 13.6. The zero-order valence-corrected chi connectivity index (χ0v) is 19.4. The number of piperazine rings is 1. The summed E-state index contributed by atoms with van der Waals surface area (Å²) in [6.07, 6.45) is 2.92. The van der Waals surface area contributed by atoms with Crippen LogP contribution in [0.5, 0.6) is 0 Å². The molecule has 35 heavy (non-hydrogen) atoms. The van der Waals surface area contributed by atoms with Crippen LogP contribution in [0.3, 0.4) is 0 Å². The van der Waals surface area contributed by atoms with Gasteiger partial charge in [0.15, 0.2) is 0 Å². The molecule has 2 aromatic heterocycles. The first kappa shape index (κ1) is 22.7. The van der Waals surface area contributed by atoms with Gasteiger partial charge in [-0.3, -0.25) is 0 Å². The van der Waals surface area contributed by atoms with Gasteiger partial charge in [-0.15, -0.1) is 0 Å². The van der Waals surface area contributed by atoms with Crippen LogP contribution in [-0.4, -0.2) is 65.3 Å². The van der Waals surface area contributed by atoms with Gasteiger partial charge in [0.05, 0.1) is 17.8 Å². The number of nitrogens with one attached hydrogen (secondary N) is 2. The van der Waals surface area contributed by atoms with Crippen LogP contribution >= 0.6 is 0 Å². The standard InChI is InChI=1S/C26H27FN8/c1-18(34-11-8-29-9-12-34)19-3-2-4-23(14-19)32-26-30-7-5-24(33-26)21-13-20(15-28)25(31-16-21)35-10-6-22(27)17-35/h2-5,7,13-14,16,22,29H,1,6,8-12,17H2,(H,30,32,33)/t22-/m0/s1. The Morgan fingerprint density at radius 2 is 2.03 bits per heavy atom. The van der Waals surface area contributed by atoms with Crippen molar-refractivity contribution in [1.82, 2.24) is 25.2 Å². The van der Waals surface area contributed by atoms with Crippen molar-refractivity contribution in [3.63, 3.8) is 0 Å². The quantitative estimate of drug-likeness (QED) is 0.565. The number of hydrogen-bond acceptors (Lipinski definition) is 8. The number of benzene rings is 1. The Kier molecular flexibility index (Phi) is 6.55. The number of anilines is 3. The van der Waals surface area contributed by atoms with Crippen LogP contribution in [0, 0.1) is 11.3 Å². The van der Waals surface area contributed by atoms with Crippen LogP contribution in [-0.2, 0) is 0 Å². The van der Waals surface area contributed by atoms with E-state index in [0.29, 0.717) is 41.6 Å². The minimum Gasteiger partial charge on any atom is -0.369 e. The van der Waals surface area contributed by atoms with E-state index in [-0.39, 0.29) is 6.54 Å². The third kappa shape index (κ3) is 5.08. The molecule has 1 atom stereocenters. The lowest BCUT2D eigenvalue weighted by atomic mass is 10.1.